The lowest BCUT2D eigenvalue weighted by Crippen LogP contribution is -2.04. The highest BCUT2D eigenvalue weighted by Gasteiger charge is 2.13. The van der Waals surface area contributed by atoms with Crippen molar-refractivity contribution in [3.05, 3.63) is 28.5 Å². The predicted molar refractivity (Wildman–Crippen MR) is 42.8 cm³/mol. The number of alkyl halides is 2. The average molecular weight is 222 g/mol. The molecule has 74 valence electrons. The monoisotopic (exact) mass is 221 g/mol. The van der Waals surface area contributed by atoms with Crippen molar-refractivity contribution in [1.82, 2.24) is 0 Å². The zero-order valence-corrected chi connectivity index (χ0v) is 7.36. The molecule has 0 aliphatic rings. The van der Waals surface area contributed by atoms with Gasteiger partial charge in [-0.1, -0.05) is 11.6 Å². The van der Waals surface area contributed by atoms with Crippen LogP contribution in [0.15, 0.2) is 12.1 Å². The first-order chi connectivity index (χ1) is 6.54. The molecule has 0 fully saturated rings. The number of nitriles is 1. The summed E-state index contributed by atoms with van der Waals surface area (Å²) in [5.74, 6) is -1.73. The van der Waals surface area contributed by atoms with Crippen LogP contribution in [-0.4, -0.2) is 6.61 Å². The lowest BCUT2D eigenvalue weighted by Gasteiger charge is -2.06. The minimum atomic E-state index is -3.14. The second kappa shape index (κ2) is 4.20. The fourth-order valence-electron chi connectivity index (χ4n) is 0.801. The molecule has 0 saturated heterocycles. The van der Waals surface area contributed by atoms with E-state index in [9.17, 15) is 13.2 Å². The summed E-state index contributed by atoms with van der Waals surface area (Å²) in [6.07, 6.45) is 0. The van der Waals surface area contributed by atoms with Gasteiger partial charge in [-0.25, -0.2) is 4.39 Å². The highest BCUT2D eigenvalue weighted by atomic mass is 35.5. The fraction of sp³-hybridized carbons (Fsp3) is 0.125. The van der Waals surface area contributed by atoms with Crippen molar-refractivity contribution in [2.45, 2.75) is 6.61 Å². The molecule has 2 nitrogen and oxygen atoms in total. The number of benzene rings is 1. The van der Waals surface area contributed by atoms with E-state index in [1.54, 1.807) is 6.07 Å². The van der Waals surface area contributed by atoms with E-state index in [1.807, 2.05) is 0 Å². The average Bonchev–Trinajstić information content (AvgIpc) is 2.09. The van der Waals surface area contributed by atoms with Crippen molar-refractivity contribution in [3.8, 4) is 11.8 Å². The van der Waals surface area contributed by atoms with Gasteiger partial charge in [0, 0.05) is 6.07 Å². The maximum absolute atomic E-state index is 12.9. The number of hydrogen-bond donors (Lipinski definition) is 0. The largest absolute Gasteiger partial charge is 0.432 e. The molecule has 14 heavy (non-hydrogen) atoms. The molecular weight excluding hydrogens is 219 g/mol. The lowest BCUT2D eigenvalue weighted by atomic mass is 10.2. The summed E-state index contributed by atoms with van der Waals surface area (Å²) >= 11 is 5.43. The van der Waals surface area contributed by atoms with E-state index in [4.69, 9.17) is 16.9 Å². The number of halogens is 4. The van der Waals surface area contributed by atoms with E-state index < -0.39 is 18.2 Å². The van der Waals surface area contributed by atoms with Gasteiger partial charge in [-0.05, 0) is 6.07 Å². The molecule has 0 aliphatic carbocycles. The molecule has 0 unspecified atom stereocenters. The molecule has 1 aromatic rings. The van der Waals surface area contributed by atoms with Crippen molar-refractivity contribution in [2.75, 3.05) is 0 Å². The summed E-state index contributed by atoms with van der Waals surface area (Å²) in [5.41, 5.74) is -0.122. The molecule has 0 radical (unpaired) electrons. The third kappa shape index (κ3) is 2.30. The number of nitrogens with zero attached hydrogens (tertiary/aromatic N) is 1. The summed E-state index contributed by atoms with van der Waals surface area (Å²) in [4.78, 5) is 0. The molecule has 0 aliphatic heterocycles. The third-order valence-corrected chi connectivity index (χ3v) is 1.67. The van der Waals surface area contributed by atoms with E-state index in [2.05, 4.69) is 4.74 Å². The summed E-state index contributed by atoms with van der Waals surface area (Å²) in [5, 5.41) is 8.32. The molecule has 0 aromatic heterocycles. The van der Waals surface area contributed by atoms with E-state index in [0.29, 0.717) is 0 Å². The molecule has 6 heteroatoms. The highest BCUT2D eigenvalue weighted by molar-refractivity contribution is 6.31. The van der Waals surface area contributed by atoms with E-state index in [0.717, 1.165) is 12.1 Å². The third-order valence-electron chi connectivity index (χ3n) is 1.36. The second-order valence-corrected chi connectivity index (χ2v) is 2.66. The Hall–Kier alpha value is -1.41. The fourth-order valence-corrected chi connectivity index (χ4v) is 0.994. The van der Waals surface area contributed by atoms with Crippen LogP contribution in [0, 0.1) is 17.1 Å². The van der Waals surface area contributed by atoms with Crippen molar-refractivity contribution >= 4 is 11.6 Å². The Balaban J connectivity index is 3.12. The van der Waals surface area contributed by atoms with Crippen LogP contribution >= 0.6 is 11.6 Å². The summed E-state index contributed by atoms with van der Waals surface area (Å²) < 4.78 is 40.2. The molecule has 0 N–H and O–H groups in total. The lowest BCUT2D eigenvalue weighted by molar-refractivity contribution is -0.0521. The van der Waals surface area contributed by atoms with E-state index in [-0.39, 0.29) is 10.6 Å². The van der Waals surface area contributed by atoms with Crippen LogP contribution < -0.4 is 4.74 Å². The van der Waals surface area contributed by atoms with Crippen LogP contribution in [0.2, 0.25) is 5.02 Å². The van der Waals surface area contributed by atoms with E-state index in [1.165, 1.54) is 0 Å². The summed E-state index contributed by atoms with van der Waals surface area (Å²) in [6, 6.07) is 3.18. The number of rotatable bonds is 2. The quantitative estimate of drug-likeness (QED) is 0.769. The molecule has 0 bridgehead atoms. The zero-order chi connectivity index (χ0) is 10.7. The van der Waals surface area contributed by atoms with Crippen LogP contribution in [0.4, 0.5) is 13.2 Å². The van der Waals surface area contributed by atoms with Crippen LogP contribution in [0.5, 0.6) is 5.75 Å². The van der Waals surface area contributed by atoms with Gasteiger partial charge in [-0.2, -0.15) is 14.0 Å². The molecule has 0 saturated carbocycles. The zero-order valence-electron chi connectivity index (χ0n) is 6.60. The van der Waals surface area contributed by atoms with E-state index >= 15 is 0 Å². The Labute approximate surface area is 82.5 Å². The Morgan fingerprint density at radius 3 is 2.57 bits per heavy atom. The van der Waals surface area contributed by atoms with Crippen molar-refractivity contribution in [1.29, 1.82) is 5.26 Å². The van der Waals surface area contributed by atoms with Crippen LogP contribution in [0.25, 0.3) is 0 Å². The summed E-state index contributed by atoms with van der Waals surface area (Å²) in [7, 11) is 0. The first kappa shape index (κ1) is 10.7. The Morgan fingerprint density at radius 2 is 2.07 bits per heavy atom. The SMILES string of the molecule is N#Cc1cc(OC(F)F)c(F)cc1Cl. The molecule has 1 aromatic carbocycles. The van der Waals surface area contributed by atoms with Gasteiger partial charge in [0.25, 0.3) is 0 Å². The Bertz CT molecular complexity index is 389. The van der Waals surface area contributed by atoms with Gasteiger partial charge in [-0.15, -0.1) is 0 Å². The maximum Gasteiger partial charge on any atom is 0.387 e. The van der Waals surface area contributed by atoms with Gasteiger partial charge in [0.05, 0.1) is 10.6 Å². The van der Waals surface area contributed by atoms with Gasteiger partial charge < -0.3 is 4.74 Å². The minimum Gasteiger partial charge on any atom is -0.432 e. The summed E-state index contributed by atoms with van der Waals surface area (Å²) in [6.45, 7) is -3.14. The normalized spacial score (nSPS) is 10.0. The van der Waals surface area contributed by atoms with Crippen LogP contribution in [0.3, 0.4) is 0 Å². The first-order valence-electron chi connectivity index (χ1n) is 3.38. The van der Waals surface area contributed by atoms with Gasteiger partial charge in [0.1, 0.15) is 6.07 Å². The Morgan fingerprint density at radius 1 is 1.43 bits per heavy atom. The van der Waals surface area contributed by atoms with Gasteiger partial charge >= 0.3 is 6.61 Å². The first-order valence-corrected chi connectivity index (χ1v) is 3.76. The predicted octanol–water partition coefficient (Wildman–Crippen LogP) is 2.95. The smallest absolute Gasteiger partial charge is 0.387 e. The number of ether oxygens (including phenoxy) is 1. The van der Waals surface area contributed by atoms with Crippen molar-refractivity contribution < 1.29 is 17.9 Å². The minimum absolute atomic E-state index is 0.122. The van der Waals surface area contributed by atoms with Gasteiger partial charge in [0.15, 0.2) is 11.6 Å². The van der Waals surface area contributed by atoms with Crippen molar-refractivity contribution in [3.63, 3.8) is 0 Å². The van der Waals surface area contributed by atoms with Gasteiger partial charge in [-0.3, -0.25) is 0 Å². The topological polar surface area (TPSA) is 33.0 Å². The molecule has 0 heterocycles. The molecule has 0 amide bonds. The Kier molecular flexibility index (Phi) is 3.20. The van der Waals surface area contributed by atoms with Crippen molar-refractivity contribution in [2.24, 2.45) is 0 Å². The maximum atomic E-state index is 12.9. The number of hydrogen-bond acceptors (Lipinski definition) is 2. The van der Waals surface area contributed by atoms with Crippen LogP contribution in [0.1, 0.15) is 5.56 Å². The highest BCUT2D eigenvalue weighted by Crippen LogP contribution is 2.26. The molecular formula is C8H3ClF3NO. The molecule has 0 atom stereocenters. The van der Waals surface area contributed by atoms with Gasteiger partial charge in [0.2, 0.25) is 0 Å². The standard InChI is InChI=1S/C8H3ClF3NO/c9-5-2-6(10)7(14-8(11)12)1-4(5)3-13/h1-2,8H. The second-order valence-electron chi connectivity index (χ2n) is 2.25. The molecule has 0 spiro atoms. The van der Waals surface area contributed by atoms with Crippen LogP contribution in [-0.2, 0) is 0 Å². The molecule has 1 rings (SSSR count).